The molecule has 59 heavy (non-hydrogen) atoms. The van der Waals surface area contributed by atoms with Crippen LogP contribution in [0.3, 0.4) is 0 Å². The lowest BCUT2D eigenvalue weighted by atomic mass is 9.93. The first-order valence-corrected chi connectivity index (χ1v) is 20.2. The van der Waals surface area contributed by atoms with E-state index in [1.807, 2.05) is 0 Å². The molecule has 0 bridgehead atoms. The van der Waals surface area contributed by atoms with Gasteiger partial charge in [-0.15, -0.1) is 0 Å². The van der Waals surface area contributed by atoms with Crippen LogP contribution in [-0.2, 0) is 58.1 Å². The lowest BCUT2D eigenvalue weighted by Crippen LogP contribution is -2.40. The topological polar surface area (TPSA) is 145 Å². The van der Waals surface area contributed by atoms with Crippen LogP contribution in [0.1, 0.15) is 46.9 Å². The molecule has 2 aliphatic rings. The number of pyridine rings is 1. The lowest BCUT2D eigenvalue weighted by Gasteiger charge is -2.23. The van der Waals surface area contributed by atoms with E-state index in [-0.39, 0.29) is 57.8 Å². The van der Waals surface area contributed by atoms with Gasteiger partial charge in [0.25, 0.3) is 5.92 Å². The summed E-state index contributed by atoms with van der Waals surface area (Å²) in [6.07, 6.45) is -5.17. The number of fused-ring (bicyclic) bond motifs is 2. The second-order valence-corrected chi connectivity index (χ2v) is 16.5. The zero-order valence-corrected chi connectivity index (χ0v) is 32.9. The zero-order valence-electron chi connectivity index (χ0n) is 31.3. The first-order valence-electron chi connectivity index (χ1n) is 18.0. The van der Waals surface area contributed by atoms with Gasteiger partial charge in [0, 0.05) is 42.3 Å². The number of anilines is 1. The summed E-state index contributed by atoms with van der Waals surface area (Å²) < 4.78 is 136. The summed E-state index contributed by atoms with van der Waals surface area (Å²) in [7, 11) is -2.33. The van der Waals surface area contributed by atoms with Crippen molar-refractivity contribution >= 4 is 44.3 Å². The van der Waals surface area contributed by atoms with Crippen LogP contribution in [0, 0.1) is 29.4 Å². The maximum atomic E-state index is 15.4. The van der Waals surface area contributed by atoms with E-state index in [2.05, 4.69) is 37.4 Å². The molecule has 1 aliphatic carbocycles. The summed E-state index contributed by atoms with van der Waals surface area (Å²) in [6, 6.07) is 7.07. The second kappa shape index (κ2) is 15.7. The third-order valence-corrected chi connectivity index (χ3v) is 10.7. The van der Waals surface area contributed by atoms with Gasteiger partial charge >= 0.3 is 6.18 Å². The average Bonchev–Trinajstić information content (AvgIpc) is 3.74. The number of nitrogens with zero attached hydrogens (tertiary/aromatic N) is 5. The van der Waals surface area contributed by atoms with Gasteiger partial charge < -0.3 is 10.1 Å². The molecule has 4 heterocycles. The number of halogens is 8. The van der Waals surface area contributed by atoms with Crippen molar-refractivity contribution in [2.24, 2.45) is 13.0 Å². The van der Waals surface area contributed by atoms with E-state index in [1.54, 1.807) is 18.2 Å². The van der Waals surface area contributed by atoms with E-state index >= 15 is 8.78 Å². The van der Waals surface area contributed by atoms with Gasteiger partial charge in [0.1, 0.15) is 29.6 Å². The first kappa shape index (κ1) is 41.9. The van der Waals surface area contributed by atoms with Crippen molar-refractivity contribution in [2.45, 2.75) is 50.5 Å². The Morgan fingerprint density at radius 3 is 2.49 bits per heavy atom. The van der Waals surface area contributed by atoms with Crippen molar-refractivity contribution in [3.05, 3.63) is 93.0 Å². The predicted octanol–water partition coefficient (Wildman–Crippen LogP) is 5.88. The highest BCUT2D eigenvalue weighted by atomic mass is 35.5. The molecule has 12 nitrogen and oxygen atoms in total. The Bertz CT molecular complexity index is 2630. The molecule has 7 rings (SSSR count). The third-order valence-electron chi connectivity index (χ3n) is 9.82. The zero-order chi connectivity index (χ0) is 42.6. The normalized spacial score (nSPS) is 18.3. The number of morpholine rings is 1. The smallest absolute Gasteiger partial charge is 0.377 e. The fourth-order valence-corrected chi connectivity index (χ4v) is 8.07. The second-order valence-electron chi connectivity index (χ2n) is 14.3. The van der Waals surface area contributed by atoms with Crippen LogP contribution in [0.4, 0.5) is 36.6 Å². The van der Waals surface area contributed by atoms with Crippen molar-refractivity contribution in [1.82, 2.24) is 35.2 Å². The molecule has 1 fully saturated rings. The largest absolute Gasteiger partial charge is 0.435 e. The van der Waals surface area contributed by atoms with Crippen molar-refractivity contribution in [3.63, 3.8) is 0 Å². The van der Waals surface area contributed by atoms with Gasteiger partial charge in [-0.1, -0.05) is 30.5 Å². The molecule has 1 saturated heterocycles. The quantitative estimate of drug-likeness (QED) is 0.123. The van der Waals surface area contributed by atoms with Crippen LogP contribution >= 0.6 is 11.6 Å². The van der Waals surface area contributed by atoms with Crippen LogP contribution in [0.25, 0.3) is 22.0 Å². The predicted molar refractivity (Wildman–Crippen MR) is 202 cm³/mol. The summed E-state index contributed by atoms with van der Waals surface area (Å²) in [5.41, 5.74) is -2.20. The maximum Gasteiger partial charge on any atom is 0.435 e. The third kappa shape index (κ3) is 8.74. The number of sulfonamides is 1. The average molecular weight is 867 g/mol. The molecule has 5 aromatic rings. The molecule has 1 aliphatic heterocycles. The maximum absolute atomic E-state index is 15.4. The first-order chi connectivity index (χ1) is 27.7. The van der Waals surface area contributed by atoms with E-state index in [4.69, 9.17) is 21.3 Å². The molecular weight excluding hydrogens is 833 g/mol. The molecule has 1 unspecified atom stereocenters. The van der Waals surface area contributed by atoms with Crippen molar-refractivity contribution < 1.29 is 48.7 Å². The van der Waals surface area contributed by atoms with Gasteiger partial charge in [0.05, 0.1) is 53.2 Å². The van der Waals surface area contributed by atoms with Crippen LogP contribution in [0.5, 0.6) is 0 Å². The number of nitrogens with one attached hydrogen (secondary N) is 3. The van der Waals surface area contributed by atoms with E-state index in [1.165, 1.54) is 17.8 Å². The summed E-state index contributed by atoms with van der Waals surface area (Å²) in [6.45, 7) is 1.30. The number of ether oxygens (including phenoxy) is 1. The number of amides is 1. The number of hydrogen-bond donors (Lipinski definition) is 3. The molecule has 0 saturated carbocycles. The van der Waals surface area contributed by atoms with Crippen LogP contribution < -0.4 is 15.4 Å². The van der Waals surface area contributed by atoms with E-state index < -0.39 is 81.5 Å². The summed E-state index contributed by atoms with van der Waals surface area (Å²) in [5.74, 6) is -2.39. The number of rotatable bonds is 9. The molecule has 21 heteroatoms. The minimum absolute atomic E-state index is 0.0155. The molecule has 2 aromatic carbocycles. The monoisotopic (exact) mass is 866 g/mol. The van der Waals surface area contributed by atoms with Gasteiger partial charge in [-0.05, 0) is 54.7 Å². The molecule has 3 atom stereocenters. The Balaban J connectivity index is 1.39. The van der Waals surface area contributed by atoms with Gasteiger partial charge in [0.2, 0.25) is 15.9 Å². The van der Waals surface area contributed by atoms with E-state index in [0.29, 0.717) is 35.0 Å². The molecule has 3 N–H and O–H groups in total. The summed E-state index contributed by atoms with van der Waals surface area (Å²) in [5, 5.41) is 13.9. The SMILES string of the molecule is C[C@@H]1Cc2c(C(F)(F)F)nn(CC(=O)N[C@@H](Cc3cc(F)cc(F)c3)c3nc(C#CC4COCCN4)ccc3-c3ccc(Cl)c4c(NS(C)(=O)=O)nn(C)c34)c2C1(F)F. The minimum atomic E-state index is -5.10. The molecule has 0 radical (unpaired) electrons. The van der Waals surface area contributed by atoms with Gasteiger partial charge in [-0.25, -0.2) is 22.2 Å². The fraction of sp³-hybridized carbons (Fsp3) is 0.368. The highest BCUT2D eigenvalue weighted by Gasteiger charge is 2.54. The summed E-state index contributed by atoms with van der Waals surface area (Å²) in [4.78, 5) is 18.7. The number of carbonyl (C=O) groups is 1. The van der Waals surface area contributed by atoms with Crippen LogP contribution in [0.2, 0.25) is 5.02 Å². The van der Waals surface area contributed by atoms with Crippen LogP contribution in [-0.4, -0.2) is 70.9 Å². The number of hydrogen-bond acceptors (Lipinski definition) is 8. The number of aromatic nitrogens is 5. The number of carbonyl (C=O) groups excluding carboxylic acids is 1. The Morgan fingerprint density at radius 2 is 1.83 bits per heavy atom. The Hall–Kier alpha value is -5.23. The van der Waals surface area contributed by atoms with E-state index in [0.717, 1.165) is 25.3 Å². The minimum Gasteiger partial charge on any atom is -0.377 e. The Morgan fingerprint density at radius 1 is 1.12 bits per heavy atom. The van der Waals surface area contributed by atoms with E-state index in [9.17, 15) is 35.2 Å². The lowest BCUT2D eigenvalue weighted by molar-refractivity contribution is -0.142. The molecular formula is C38H34ClF7N8O4S. The highest BCUT2D eigenvalue weighted by Crippen LogP contribution is 2.49. The Labute approximate surface area is 337 Å². The number of alkyl halides is 5. The van der Waals surface area contributed by atoms with Crippen molar-refractivity contribution in [2.75, 3.05) is 30.7 Å². The summed E-state index contributed by atoms with van der Waals surface area (Å²) >= 11 is 6.59. The number of benzene rings is 2. The van der Waals surface area contributed by atoms with Gasteiger partial charge in [-0.2, -0.15) is 32.1 Å². The van der Waals surface area contributed by atoms with Crippen molar-refractivity contribution in [1.29, 1.82) is 0 Å². The highest BCUT2D eigenvalue weighted by molar-refractivity contribution is 7.92. The standard InChI is InChI=1S/C38H34ClF7N8O4S/c1-19-12-27-34(38(44,45)46)50-54(35(27)37(19,42)43)17-30(55)49-29(15-20-13-21(40)16-22(41)14-20)32-25(7-6-23(48-32)4-5-24-18-58-11-10-47-24)26-8-9-28(39)31-33(26)53(2)51-36(31)52-59(3,56)57/h6-9,13-14,16,19,24,29,47H,10-12,15,17-18H2,1-3H3,(H,49,55)(H,51,52)/t19-,24?,29+/m1/s1. The molecule has 3 aromatic heterocycles. The van der Waals surface area contributed by atoms with Gasteiger partial charge in [0.15, 0.2) is 11.5 Å². The van der Waals surface area contributed by atoms with Crippen molar-refractivity contribution in [3.8, 4) is 23.0 Å². The van der Waals surface area contributed by atoms with Gasteiger partial charge in [-0.3, -0.25) is 24.2 Å². The fourth-order valence-electron chi connectivity index (χ4n) is 7.33. The molecule has 1 amide bonds. The number of aryl methyl sites for hydroxylation is 1. The molecule has 0 spiro atoms. The Kier molecular flexibility index (Phi) is 11.2. The molecule has 312 valence electrons. The van der Waals surface area contributed by atoms with Crippen LogP contribution in [0.15, 0.2) is 42.5 Å².